The zero-order chi connectivity index (χ0) is 13.3. The van der Waals surface area contributed by atoms with Crippen molar-refractivity contribution in [2.24, 2.45) is 0 Å². The molecule has 1 spiro atoms. The Balaban J connectivity index is 1.69. The van der Waals surface area contributed by atoms with Crippen molar-refractivity contribution in [3.8, 4) is 5.75 Å². The van der Waals surface area contributed by atoms with Gasteiger partial charge in [0, 0.05) is 18.4 Å². The highest BCUT2D eigenvalue weighted by Crippen LogP contribution is 2.43. The topological polar surface area (TPSA) is 35.5 Å². The van der Waals surface area contributed by atoms with Crippen molar-refractivity contribution in [2.75, 3.05) is 6.61 Å². The van der Waals surface area contributed by atoms with Crippen molar-refractivity contribution >= 4 is 17.9 Å². The molecule has 1 aliphatic carbocycles. The second-order valence-electron chi connectivity index (χ2n) is 5.43. The fraction of sp³-hybridized carbons (Fsp3) is 0.533. The van der Waals surface area contributed by atoms with Crippen LogP contribution in [0.2, 0.25) is 5.02 Å². The van der Waals surface area contributed by atoms with Crippen molar-refractivity contribution in [1.82, 2.24) is 0 Å². The monoisotopic (exact) mass is 280 g/mol. The standard InChI is InChI=1S/C15H17ClO3/c16-13-8-11(10-17)2-3-14(13)19-12-4-7-18-15(9-12)5-1-6-15/h2-3,8,10,12H,1,4-7,9H2. The summed E-state index contributed by atoms with van der Waals surface area (Å²) in [6.45, 7) is 0.759. The van der Waals surface area contributed by atoms with Crippen molar-refractivity contribution in [3.63, 3.8) is 0 Å². The van der Waals surface area contributed by atoms with Gasteiger partial charge in [-0.2, -0.15) is 0 Å². The quantitative estimate of drug-likeness (QED) is 0.793. The van der Waals surface area contributed by atoms with Gasteiger partial charge in [0.2, 0.25) is 0 Å². The Morgan fingerprint density at radius 1 is 1.42 bits per heavy atom. The van der Waals surface area contributed by atoms with Gasteiger partial charge in [-0.25, -0.2) is 0 Å². The molecule has 2 aliphatic rings. The molecule has 3 rings (SSSR count). The van der Waals surface area contributed by atoms with Gasteiger partial charge < -0.3 is 9.47 Å². The van der Waals surface area contributed by atoms with Gasteiger partial charge >= 0.3 is 0 Å². The van der Waals surface area contributed by atoms with E-state index in [0.29, 0.717) is 16.3 Å². The SMILES string of the molecule is O=Cc1ccc(OC2CCOC3(CCC3)C2)c(Cl)c1. The molecule has 19 heavy (non-hydrogen) atoms. The lowest BCUT2D eigenvalue weighted by atomic mass is 9.74. The van der Waals surface area contributed by atoms with E-state index in [9.17, 15) is 4.79 Å². The molecule has 1 aliphatic heterocycles. The van der Waals surface area contributed by atoms with Crippen molar-refractivity contribution in [3.05, 3.63) is 28.8 Å². The summed E-state index contributed by atoms with van der Waals surface area (Å²) in [7, 11) is 0. The van der Waals surface area contributed by atoms with Crippen LogP contribution in [0, 0.1) is 0 Å². The summed E-state index contributed by atoms with van der Waals surface area (Å²) in [5.41, 5.74) is 0.637. The van der Waals surface area contributed by atoms with Crippen LogP contribution >= 0.6 is 11.6 Å². The maximum Gasteiger partial charge on any atom is 0.150 e. The van der Waals surface area contributed by atoms with Gasteiger partial charge in [0.05, 0.1) is 17.2 Å². The second-order valence-corrected chi connectivity index (χ2v) is 5.83. The molecule has 2 fully saturated rings. The second kappa shape index (κ2) is 5.14. The van der Waals surface area contributed by atoms with Crippen LogP contribution in [-0.4, -0.2) is 24.6 Å². The molecule has 1 unspecified atom stereocenters. The van der Waals surface area contributed by atoms with E-state index in [2.05, 4.69) is 0 Å². The minimum atomic E-state index is 0.0676. The van der Waals surface area contributed by atoms with Gasteiger partial charge in [-0.05, 0) is 37.5 Å². The molecule has 0 amide bonds. The third-order valence-corrected chi connectivity index (χ3v) is 4.39. The third kappa shape index (κ3) is 2.63. The number of ether oxygens (including phenoxy) is 2. The molecule has 1 aromatic carbocycles. The van der Waals surface area contributed by atoms with Crippen LogP contribution in [0.15, 0.2) is 18.2 Å². The Bertz CT molecular complexity index is 482. The zero-order valence-electron chi connectivity index (χ0n) is 10.7. The van der Waals surface area contributed by atoms with Gasteiger partial charge in [-0.15, -0.1) is 0 Å². The van der Waals surface area contributed by atoms with Crippen molar-refractivity contribution in [2.45, 2.75) is 43.8 Å². The average Bonchev–Trinajstić information content (AvgIpc) is 2.39. The molecule has 0 N–H and O–H groups in total. The third-order valence-electron chi connectivity index (χ3n) is 4.10. The number of carbonyl (C=O) groups excluding carboxylic acids is 1. The zero-order valence-corrected chi connectivity index (χ0v) is 11.5. The number of carbonyl (C=O) groups is 1. The Morgan fingerprint density at radius 2 is 2.26 bits per heavy atom. The number of hydrogen-bond acceptors (Lipinski definition) is 3. The lowest BCUT2D eigenvalue weighted by Gasteiger charge is -2.46. The van der Waals surface area contributed by atoms with E-state index in [1.807, 2.05) is 0 Å². The first-order chi connectivity index (χ1) is 9.21. The van der Waals surface area contributed by atoms with Crippen LogP contribution in [0.25, 0.3) is 0 Å². The first-order valence-corrected chi connectivity index (χ1v) is 7.14. The van der Waals surface area contributed by atoms with E-state index in [1.54, 1.807) is 18.2 Å². The fourth-order valence-corrected chi connectivity index (χ4v) is 3.10. The minimum Gasteiger partial charge on any atom is -0.489 e. The van der Waals surface area contributed by atoms with Gasteiger partial charge in [-0.3, -0.25) is 4.79 Å². The van der Waals surface area contributed by atoms with E-state index in [-0.39, 0.29) is 11.7 Å². The average molecular weight is 281 g/mol. The van der Waals surface area contributed by atoms with E-state index in [0.717, 1.165) is 38.6 Å². The number of hydrogen-bond donors (Lipinski definition) is 0. The molecule has 1 saturated heterocycles. The van der Waals surface area contributed by atoms with Crippen LogP contribution in [0.1, 0.15) is 42.5 Å². The number of halogens is 1. The maximum absolute atomic E-state index is 10.7. The Hall–Kier alpha value is -1.06. The van der Waals surface area contributed by atoms with Gasteiger partial charge in [-0.1, -0.05) is 11.6 Å². The summed E-state index contributed by atoms with van der Waals surface area (Å²) in [5.74, 6) is 0.661. The molecular weight excluding hydrogens is 264 g/mol. The van der Waals surface area contributed by atoms with Crippen LogP contribution < -0.4 is 4.74 Å². The van der Waals surface area contributed by atoms with E-state index >= 15 is 0 Å². The van der Waals surface area contributed by atoms with Crippen LogP contribution in [0.4, 0.5) is 0 Å². The Morgan fingerprint density at radius 3 is 2.89 bits per heavy atom. The molecule has 1 atom stereocenters. The van der Waals surface area contributed by atoms with Crippen LogP contribution in [0.3, 0.4) is 0 Å². The van der Waals surface area contributed by atoms with Gasteiger partial charge in [0.1, 0.15) is 18.1 Å². The summed E-state index contributed by atoms with van der Waals surface area (Å²) in [6, 6.07) is 5.14. The summed E-state index contributed by atoms with van der Waals surface area (Å²) in [4.78, 5) is 10.7. The lowest BCUT2D eigenvalue weighted by molar-refractivity contribution is -0.153. The van der Waals surface area contributed by atoms with E-state index < -0.39 is 0 Å². The number of benzene rings is 1. The molecule has 0 aromatic heterocycles. The first kappa shape index (κ1) is 12.9. The molecule has 102 valence electrons. The smallest absolute Gasteiger partial charge is 0.150 e. The van der Waals surface area contributed by atoms with Crippen molar-refractivity contribution < 1.29 is 14.3 Å². The Labute approximate surface area is 117 Å². The molecule has 0 radical (unpaired) electrons. The molecule has 0 bridgehead atoms. The summed E-state index contributed by atoms with van der Waals surface area (Å²) < 4.78 is 11.9. The predicted molar refractivity (Wildman–Crippen MR) is 73.0 cm³/mol. The molecule has 4 heteroatoms. The largest absolute Gasteiger partial charge is 0.489 e. The predicted octanol–water partition coefficient (Wildman–Crippen LogP) is 3.63. The summed E-state index contributed by atoms with van der Waals surface area (Å²) in [6.07, 6.45) is 6.32. The van der Waals surface area contributed by atoms with Gasteiger partial charge in [0.25, 0.3) is 0 Å². The van der Waals surface area contributed by atoms with Crippen LogP contribution in [0.5, 0.6) is 5.75 Å². The van der Waals surface area contributed by atoms with E-state index in [1.165, 1.54) is 6.42 Å². The molecule has 1 aromatic rings. The highest BCUT2D eigenvalue weighted by atomic mass is 35.5. The number of aldehydes is 1. The molecular formula is C15H17ClO3. The van der Waals surface area contributed by atoms with E-state index in [4.69, 9.17) is 21.1 Å². The number of rotatable bonds is 3. The molecule has 3 nitrogen and oxygen atoms in total. The summed E-state index contributed by atoms with van der Waals surface area (Å²) >= 11 is 6.13. The highest BCUT2D eigenvalue weighted by Gasteiger charge is 2.43. The van der Waals surface area contributed by atoms with Gasteiger partial charge in [0.15, 0.2) is 0 Å². The first-order valence-electron chi connectivity index (χ1n) is 6.76. The molecule has 1 saturated carbocycles. The minimum absolute atomic E-state index is 0.0676. The van der Waals surface area contributed by atoms with Crippen LogP contribution in [-0.2, 0) is 4.74 Å². The lowest BCUT2D eigenvalue weighted by Crippen LogP contribution is -2.48. The van der Waals surface area contributed by atoms with Crippen molar-refractivity contribution in [1.29, 1.82) is 0 Å². The normalized spacial score (nSPS) is 24.8. The summed E-state index contributed by atoms with van der Waals surface area (Å²) in [5, 5.41) is 0.499. The highest BCUT2D eigenvalue weighted by molar-refractivity contribution is 6.32. The maximum atomic E-state index is 10.7. The Kier molecular flexibility index (Phi) is 3.50. The fourth-order valence-electron chi connectivity index (χ4n) is 2.87. The molecule has 1 heterocycles.